The number of halogens is 3. The largest absolute Gasteiger partial charge is 0.573 e. The van der Waals surface area contributed by atoms with Gasteiger partial charge < -0.3 is 19.3 Å². The molecule has 1 aromatic carbocycles. The number of nitrogens with zero attached hydrogens (tertiary/aromatic N) is 4. The van der Waals surface area contributed by atoms with Crippen molar-refractivity contribution in [3.05, 3.63) is 47.3 Å². The molecule has 1 saturated heterocycles. The van der Waals surface area contributed by atoms with Gasteiger partial charge in [0.15, 0.2) is 0 Å². The van der Waals surface area contributed by atoms with Gasteiger partial charge in [-0.2, -0.15) is 5.10 Å². The van der Waals surface area contributed by atoms with Crippen LogP contribution in [-0.4, -0.2) is 69.5 Å². The molecule has 0 saturated carbocycles. The molecule has 0 unspecified atom stereocenters. The molecule has 2 heterocycles. The minimum Gasteiger partial charge on any atom is -0.406 e. The van der Waals surface area contributed by atoms with Gasteiger partial charge in [0.25, 0.3) is 5.91 Å². The second kappa shape index (κ2) is 9.82. The van der Waals surface area contributed by atoms with Gasteiger partial charge in [-0.3, -0.25) is 14.3 Å². The van der Waals surface area contributed by atoms with Crippen LogP contribution in [-0.2, 0) is 23.2 Å². The van der Waals surface area contributed by atoms with Crippen LogP contribution in [0.1, 0.15) is 35.6 Å². The van der Waals surface area contributed by atoms with Gasteiger partial charge in [0.05, 0.1) is 18.4 Å². The van der Waals surface area contributed by atoms with Crippen LogP contribution >= 0.6 is 0 Å². The number of hydrogen-bond donors (Lipinski definition) is 0. The van der Waals surface area contributed by atoms with E-state index in [0.717, 1.165) is 0 Å². The van der Waals surface area contributed by atoms with Crippen LogP contribution in [0.25, 0.3) is 0 Å². The Bertz CT molecular complexity index is 989. The monoisotopic (exact) mass is 468 g/mol. The van der Waals surface area contributed by atoms with Crippen molar-refractivity contribution in [3.8, 4) is 5.75 Å². The number of carbonyl (C=O) groups excluding carboxylic acids is 2. The highest BCUT2D eigenvalue weighted by Gasteiger charge is 2.33. The lowest BCUT2D eigenvalue weighted by Gasteiger charge is -2.27. The molecule has 3 rings (SSSR count). The fourth-order valence-electron chi connectivity index (χ4n) is 3.68. The van der Waals surface area contributed by atoms with Crippen molar-refractivity contribution in [2.75, 3.05) is 19.6 Å². The maximum Gasteiger partial charge on any atom is 0.573 e. The Morgan fingerprint density at radius 2 is 1.88 bits per heavy atom. The molecule has 0 N–H and O–H groups in total. The predicted molar refractivity (Wildman–Crippen MR) is 112 cm³/mol. The van der Waals surface area contributed by atoms with Crippen molar-refractivity contribution in [1.82, 2.24) is 19.6 Å². The molecule has 2 amide bonds. The number of aromatic nitrogens is 2. The SMILES string of the molecule is Cc1cc(C(=O)N2CC(=O)N(C(C)C)C[C@H](OCc3ccc(OC(F)(F)F)cc3)C2)n(C)n1. The number of ether oxygens (including phenoxy) is 2. The number of amides is 2. The first-order valence-corrected chi connectivity index (χ1v) is 10.5. The Kier molecular flexibility index (Phi) is 7.31. The normalized spacial score (nSPS) is 17.5. The summed E-state index contributed by atoms with van der Waals surface area (Å²) in [4.78, 5) is 29.0. The zero-order valence-electron chi connectivity index (χ0n) is 18.9. The maximum absolute atomic E-state index is 13.1. The Labute approximate surface area is 189 Å². The Morgan fingerprint density at radius 1 is 1.21 bits per heavy atom. The maximum atomic E-state index is 13.1. The third kappa shape index (κ3) is 6.47. The van der Waals surface area contributed by atoms with Gasteiger partial charge in [-0.15, -0.1) is 13.2 Å². The summed E-state index contributed by atoms with van der Waals surface area (Å²) in [5, 5.41) is 4.20. The van der Waals surface area contributed by atoms with Gasteiger partial charge in [-0.05, 0) is 44.5 Å². The number of alkyl halides is 3. The van der Waals surface area contributed by atoms with Crippen LogP contribution in [0, 0.1) is 6.92 Å². The smallest absolute Gasteiger partial charge is 0.406 e. The standard InChI is InChI=1S/C22H27F3N4O4/c1-14(2)29-11-18(32-13-16-5-7-17(8-6-16)33-22(23,24)25)10-28(12-20(29)30)21(31)19-9-15(3)26-27(19)4/h5-9,14,18H,10-13H2,1-4H3/t18-/m1/s1. The molecule has 1 aliphatic heterocycles. The van der Waals surface area contributed by atoms with Gasteiger partial charge in [0.2, 0.25) is 5.91 Å². The molecule has 1 fully saturated rings. The van der Waals surface area contributed by atoms with Crippen LogP contribution in [0.4, 0.5) is 13.2 Å². The molecule has 8 nitrogen and oxygen atoms in total. The topological polar surface area (TPSA) is 76.9 Å². The number of benzene rings is 1. The summed E-state index contributed by atoms with van der Waals surface area (Å²) in [5.41, 5.74) is 1.70. The fourth-order valence-corrected chi connectivity index (χ4v) is 3.68. The van der Waals surface area contributed by atoms with Gasteiger partial charge in [-0.25, -0.2) is 0 Å². The van der Waals surface area contributed by atoms with Crippen molar-refractivity contribution < 1.29 is 32.2 Å². The van der Waals surface area contributed by atoms with Gasteiger partial charge in [0, 0.05) is 26.2 Å². The second-order valence-corrected chi connectivity index (χ2v) is 8.24. The molecule has 1 aromatic heterocycles. The molecule has 2 aromatic rings. The van der Waals surface area contributed by atoms with Crippen LogP contribution in [0.3, 0.4) is 0 Å². The lowest BCUT2D eigenvalue weighted by atomic mass is 10.2. The lowest BCUT2D eigenvalue weighted by molar-refractivity contribution is -0.274. The van der Waals surface area contributed by atoms with E-state index in [1.54, 1.807) is 24.9 Å². The first kappa shape index (κ1) is 24.6. The van der Waals surface area contributed by atoms with E-state index in [2.05, 4.69) is 9.84 Å². The number of carbonyl (C=O) groups is 2. The fraction of sp³-hybridized carbons (Fsp3) is 0.500. The summed E-state index contributed by atoms with van der Waals surface area (Å²) in [6.07, 6.45) is -5.24. The average molecular weight is 468 g/mol. The van der Waals surface area contributed by atoms with Crippen molar-refractivity contribution in [3.63, 3.8) is 0 Å². The Hall–Kier alpha value is -3.08. The van der Waals surface area contributed by atoms with Gasteiger partial charge in [0.1, 0.15) is 18.0 Å². The molecule has 11 heteroatoms. The van der Waals surface area contributed by atoms with E-state index in [1.807, 2.05) is 13.8 Å². The van der Waals surface area contributed by atoms with E-state index in [0.29, 0.717) is 23.5 Å². The van der Waals surface area contributed by atoms with E-state index >= 15 is 0 Å². The van der Waals surface area contributed by atoms with Crippen LogP contribution in [0.5, 0.6) is 5.75 Å². The summed E-state index contributed by atoms with van der Waals surface area (Å²) in [5.74, 6) is -0.822. The molecule has 33 heavy (non-hydrogen) atoms. The van der Waals surface area contributed by atoms with Crippen molar-refractivity contribution >= 4 is 11.8 Å². The van der Waals surface area contributed by atoms with Gasteiger partial charge in [-0.1, -0.05) is 12.1 Å². The molecular formula is C22H27F3N4O4. The van der Waals surface area contributed by atoms with E-state index in [4.69, 9.17) is 4.74 Å². The molecule has 1 atom stereocenters. The summed E-state index contributed by atoms with van der Waals surface area (Å²) < 4.78 is 48.4. The quantitative estimate of drug-likeness (QED) is 0.652. The highest BCUT2D eigenvalue weighted by molar-refractivity contribution is 5.95. The van der Waals surface area contributed by atoms with Crippen LogP contribution < -0.4 is 4.74 Å². The predicted octanol–water partition coefficient (Wildman–Crippen LogP) is 2.91. The number of rotatable bonds is 6. The molecule has 180 valence electrons. The zero-order chi connectivity index (χ0) is 24.3. The van der Waals surface area contributed by atoms with Crippen molar-refractivity contribution in [2.45, 2.75) is 45.9 Å². The minimum absolute atomic E-state index is 0.0788. The highest BCUT2D eigenvalue weighted by atomic mass is 19.4. The Morgan fingerprint density at radius 3 is 2.42 bits per heavy atom. The molecule has 0 aliphatic carbocycles. The lowest BCUT2D eigenvalue weighted by Crippen LogP contribution is -2.42. The van der Waals surface area contributed by atoms with Crippen molar-refractivity contribution in [2.24, 2.45) is 7.05 Å². The first-order chi connectivity index (χ1) is 15.4. The van der Waals surface area contributed by atoms with E-state index in [9.17, 15) is 22.8 Å². The summed E-state index contributed by atoms with van der Waals surface area (Å²) in [6.45, 7) is 6.05. The zero-order valence-corrected chi connectivity index (χ0v) is 18.9. The van der Waals surface area contributed by atoms with E-state index in [1.165, 1.54) is 33.8 Å². The molecular weight excluding hydrogens is 441 g/mol. The number of aryl methyl sites for hydroxylation is 2. The van der Waals surface area contributed by atoms with Crippen LogP contribution in [0.15, 0.2) is 30.3 Å². The molecule has 0 bridgehead atoms. The molecule has 1 aliphatic rings. The number of hydrogen-bond acceptors (Lipinski definition) is 5. The highest BCUT2D eigenvalue weighted by Crippen LogP contribution is 2.23. The third-order valence-corrected chi connectivity index (χ3v) is 5.25. The average Bonchev–Trinajstić information content (AvgIpc) is 2.95. The first-order valence-electron chi connectivity index (χ1n) is 10.5. The summed E-state index contributed by atoms with van der Waals surface area (Å²) in [6, 6.07) is 6.96. The summed E-state index contributed by atoms with van der Waals surface area (Å²) >= 11 is 0. The molecule has 0 radical (unpaired) electrons. The Balaban J connectivity index is 1.72. The second-order valence-electron chi connectivity index (χ2n) is 8.24. The van der Waals surface area contributed by atoms with Gasteiger partial charge >= 0.3 is 6.36 Å². The summed E-state index contributed by atoms with van der Waals surface area (Å²) in [7, 11) is 1.67. The van der Waals surface area contributed by atoms with Crippen LogP contribution in [0.2, 0.25) is 0 Å². The minimum atomic E-state index is -4.76. The molecule has 0 spiro atoms. The van der Waals surface area contributed by atoms with Crippen molar-refractivity contribution in [1.29, 1.82) is 0 Å². The van der Waals surface area contributed by atoms with E-state index < -0.39 is 12.5 Å². The third-order valence-electron chi connectivity index (χ3n) is 5.25. The van der Waals surface area contributed by atoms with E-state index in [-0.39, 0.29) is 43.3 Å².